The zero-order valence-corrected chi connectivity index (χ0v) is 17.7. The van der Waals surface area contributed by atoms with E-state index in [4.69, 9.17) is 0 Å². The van der Waals surface area contributed by atoms with Crippen molar-refractivity contribution in [3.63, 3.8) is 0 Å². The minimum Gasteiger partial charge on any atom is -0.0641 e. The molecule has 0 heterocycles. The van der Waals surface area contributed by atoms with E-state index in [-0.39, 0.29) is 0 Å². The van der Waals surface area contributed by atoms with E-state index in [1.54, 1.807) is 10.4 Å². The molecule has 0 spiro atoms. The summed E-state index contributed by atoms with van der Waals surface area (Å²) in [5, 5.41) is 9.07. The number of benzene rings is 4. The molecule has 0 fully saturated rings. The van der Waals surface area contributed by atoms with Crippen molar-refractivity contribution in [1.82, 2.24) is 0 Å². The molecule has 2 atom stereocenters. The van der Waals surface area contributed by atoms with Crippen LogP contribution in [0.4, 0.5) is 0 Å². The highest BCUT2D eigenvalue weighted by atomic mass is 28.3. The predicted octanol–water partition coefficient (Wildman–Crippen LogP) is 2.78. The van der Waals surface area contributed by atoms with Gasteiger partial charge in [-0.3, -0.25) is 0 Å². The van der Waals surface area contributed by atoms with Crippen LogP contribution in [-0.4, -0.2) is 17.6 Å². The number of hydrogen-bond donors (Lipinski definition) is 0. The van der Waals surface area contributed by atoms with Gasteiger partial charge in [0.1, 0.15) is 17.6 Å². The molecule has 0 saturated heterocycles. The molecule has 4 aromatic rings. The maximum Gasteiger partial charge on any atom is 0.100 e. The summed E-state index contributed by atoms with van der Waals surface area (Å²) in [7, 11) is -2.36. The van der Waals surface area contributed by atoms with Gasteiger partial charge in [-0.25, -0.2) is 0 Å². The van der Waals surface area contributed by atoms with Gasteiger partial charge in [0.25, 0.3) is 0 Å². The first-order valence-corrected chi connectivity index (χ1v) is 14.0. The number of hydrogen-bond acceptors (Lipinski definition) is 0. The second-order valence-corrected chi connectivity index (χ2v) is 12.5. The molecule has 26 heavy (non-hydrogen) atoms. The first kappa shape index (κ1) is 17.0. The van der Waals surface area contributed by atoms with Crippen LogP contribution in [0.5, 0.6) is 0 Å². The Bertz CT molecular complexity index is 925. The highest BCUT2D eigenvalue weighted by Crippen LogP contribution is 2.12. The van der Waals surface area contributed by atoms with E-state index in [0.717, 1.165) is 0 Å². The van der Waals surface area contributed by atoms with Crippen LogP contribution in [0.2, 0.25) is 13.1 Å². The van der Waals surface area contributed by atoms with Crippen molar-refractivity contribution in [3.8, 4) is 0 Å². The zero-order valence-electron chi connectivity index (χ0n) is 15.4. The summed E-state index contributed by atoms with van der Waals surface area (Å²) in [6.07, 6.45) is 0. The predicted molar refractivity (Wildman–Crippen MR) is 121 cm³/mol. The molecule has 0 aliphatic carbocycles. The normalized spacial score (nSPS) is 13.5. The topological polar surface area (TPSA) is 0 Å². The summed E-state index contributed by atoms with van der Waals surface area (Å²) in [6.45, 7) is 4.91. The van der Waals surface area contributed by atoms with Crippen molar-refractivity contribution in [2.24, 2.45) is 0 Å². The summed E-state index contributed by atoms with van der Waals surface area (Å²) < 4.78 is 0. The lowest BCUT2D eigenvalue weighted by Crippen LogP contribution is -2.42. The third-order valence-electron chi connectivity index (χ3n) is 5.52. The van der Waals surface area contributed by atoms with Crippen LogP contribution in [0.1, 0.15) is 0 Å². The lowest BCUT2D eigenvalue weighted by Gasteiger charge is -2.18. The van der Waals surface area contributed by atoms with Crippen molar-refractivity contribution in [3.05, 3.63) is 97.1 Å². The molecule has 4 aromatic carbocycles. The Morgan fingerprint density at radius 2 is 0.808 bits per heavy atom. The van der Waals surface area contributed by atoms with Crippen LogP contribution >= 0.6 is 0 Å². The van der Waals surface area contributed by atoms with Gasteiger partial charge in [-0.15, -0.1) is 0 Å². The Hall–Kier alpha value is -2.43. The lowest BCUT2D eigenvalue weighted by atomic mass is 10.1. The summed E-state index contributed by atoms with van der Waals surface area (Å²) in [4.78, 5) is 0. The minimum absolute atomic E-state index is 1.18. The fraction of sp³-hybridized carbons (Fsp3) is 0.0833. The molecule has 0 amide bonds. The summed E-state index contributed by atoms with van der Waals surface area (Å²) >= 11 is 0. The first-order valence-electron chi connectivity index (χ1n) is 9.37. The van der Waals surface area contributed by atoms with E-state index >= 15 is 0 Å². The number of fused-ring (bicyclic) bond motifs is 1. The van der Waals surface area contributed by atoms with Crippen molar-refractivity contribution in [2.75, 3.05) is 0 Å². The maximum absolute atomic E-state index is 2.45. The van der Waals surface area contributed by atoms with Crippen molar-refractivity contribution < 1.29 is 0 Å². The molecule has 0 bridgehead atoms. The van der Waals surface area contributed by atoms with Gasteiger partial charge < -0.3 is 0 Å². The fourth-order valence-electron chi connectivity index (χ4n) is 3.96. The molecule has 0 aliphatic heterocycles. The molecule has 0 aliphatic rings. The Morgan fingerprint density at radius 3 is 1.19 bits per heavy atom. The molecule has 0 saturated carbocycles. The highest BCUT2D eigenvalue weighted by molar-refractivity contribution is 6.88. The van der Waals surface area contributed by atoms with Crippen LogP contribution < -0.4 is 20.7 Å². The van der Waals surface area contributed by atoms with E-state index in [1.165, 1.54) is 21.1 Å². The Labute approximate surface area is 159 Å². The van der Waals surface area contributed by atoms with Crippen LogP contribution in [0.3, 0.4) is 0 Å². The average Bonchev–Trinajstić information content (AvgIpc) is 2.73. The van der Waals surface area contributed by atoms with Crippen LogP contribution in [0, 0.1) is 0 Å². The lowest BCUT2D eigenvalue weighted by molar-refractivity contribution is 1.73. The van der Waals surface area contributed by atoms with E-state index in [2.05, 4.69) is 110 Å². The third-order valence-corrected chi connectivity index (χ3v) is 11.2. The molecule has 0 nitrogen and oxygen atoms in total. The molecular formula is C24H24Si2. The van der Waals surface area contributed by atoms with Gasteiger partial charge in [0.2, 0.25) is 0 Å². The monoisotopic (exact) mass is 368 g/mol. The quantitative estimate of drug-likeness (QED) is 0.486. The van der Waals surface area contributed by atoms with Crippen LogP contribution in [0.25, 0.3) is 10.8 Å². The molecule has 0 aromatic heterocycles. The first-order chi connectivity index (χ1) is 12.8. The van der Waals surface area contributed by atoms with E-state index < -0.39 is 17.6 Å². The average molecular weight is 369 g/mol. The Kier molecular flexibility index (Phi) is 4.87. The summed E-state index contributed by atoms with van der Waals surface area (Å²) in [5.41, 5.74) is 0. The van der Waals surface area contributed by atoms with Gasteiger partial charge in [-0.05, 0) is 10.8 Å². The van der Waals surface area contributed by atoms with Gasteiger partial charge in [0.15, 0.2) is 0 Å². The Balaban J connectivity index is 1.84. The maximum atomic E-state index is 2.45. The fourth-order valence-corrected chi connectivity index (χ4v) is 8.51. The van der Waals surface area contributed by atoms with E-state index in [9.17, 15) is 0 Å². The van der Waals surface area contributed by atoms with Crippen LogP contribution in [0.15, 0.2) is 97.1 Å². The van der Waals surface area contributed by atoms with Gasteiger partial charge in [0.05, 0.1) is 0 Å². The van der Waals surface area contributed by atoms with Crippen LogP contribution in [-0.2, 0) is 0 Å². The molecule has 2 heteroatoms. The summed E-state index contributed by atoms with van der Waals surface area (Å²) in [6, 6.07) is 35.9. The van der Waals surface area contributed by atoms with Gasteiger partial charge in [0, 0.05) is 0 Å². The summed E-state index contributed by atoms with van der Waals surface area (Å²) in [5.74, 6) is 0. The SMILES string of the molecule is C[SiH](c1ccccc1)c1cccc2c([SiH](C)c3ccccc3)cccc12. The molecule has 4 rings (SSSR count). The third kappa shape index (κ3) is 3.18. The van der Waals surface area contributed by atoms with Gasteiger partial charge in [-0.2, -0.15) is 0 Å². The van der Waals surface area contributed by atoms with E-state index in [0.29, 0.717) is 0 Å². The molecule has 0 N–H and O–H groups in total. The van der Waals surface area contributed by atoms with Crippen molar-refractivity contribution in [1.29, 1.82) is 0 Å². The zero-order chi connectivity index (χ0) is 17.9. The largest absolute Gasteiger partial charge is 0.100 e. The van der Waals surface area contributed by atoms with Crippen molar-refractivity contribution >= 4 is 49.1 Å². The number of rotatable bonds is 4. The highest BCUT2D eigenvalue weighted by Gasteiger charge is 2.17. The second-order valence-electron chi connectivity index (χ2n) is 7.05. The van der Waals surface area contributed by atoms with Gasteiger partial charge >= 0.3 is 0 Å². The minimum atomic E-state index is -1.18. The standard InChI is InChI=1S/C24H24Si2/c1-25(19-11-5-3-6-12-19)23-17-9-16-22-21(23)15-10-18-24(22)26(2)20-13-7-4-8-14-20/h3-18,25-26H,1-2H3. The molecule has 2 unspecified atom stereocenters. The van der Waals surface area contributed by atoms with Crippen molar-refractivity contribution in [2.45, 2.75) is 13.1 Å². The second kappa shape index (κ2) is 7.44. The molecule has 128 valence electrons. The van der Waals surface area contributed by atoms with E-state index in [1.807, 2.05) is 0 Å². The molecular weight excluding hydrogens is 344 g/mol. The molecule has 0 radical (unpaired) electrons. The van der Waals surface area contributed by atoms with Gasteiger partial charge in [-0.1, -0.05) is 131 Å². The Morgan fingerprint density at radius 1 is 0.423 bits per heavy atom. The smallest absolute Gasteiger partial charge is 0.0641 e.